The van der Waals surface area contributed by atoms with Crippen molar-refractivity contribution in [1.82, 2.24) is 5.32 Å². The maximum Gasteiger partial charge on any atom is 0.0332 e. The van der Waals surface area contributed by atoms with E-state index < -0.39 is 0 Å². The molecule has 1 saturated heterocycles. The van der Waals surface area contributed by atoms with Crippen LogP contribution in [0.4, 0.5) is 0 Å². The zero-order valence-corrected chi connectivity index (χ0v) is 9.26. The predicted octanol–water partition coefficient (Wildman–Crippen LogP) is 2.63. The van der Waals surface area contributed by atoms with Gasteiger partial charge in [0.25, 0.3) is 0 Å². The average molecular weight is 273 g/mol. The van der Waals surface area contributed by atoms with E-state index >= 15 is 0 Å². The van der Waals surface area contributed by atoms with Crippen LogP contribution >= 0.6 is 22.6 Å². The highest BCUT2D eigenvalue weighted by atomic mass is 127. The maximum absolute atomic E-state index is 3.41. The summed E-state index contributed by atoms with van der Waals surface area (Å²) in [5, 5.41) is 3.41. The van der Waals surface area contributed by atoms with Crippen molar-refractivity contribution in [3.8, 4) is 0 Å². The lowest BCUT2D eigenvalue weighted by Crippen LogP contribution is -2.34. The third-order valence-electron chi connectivity index (χ3n) is 2.42. The first-order valence-electron chi connectivity index (χ1n) is 4.27. The lowest BCUT2D eigenvalue weighted by Gasteiger charge is -2.28. The van der Waals surface area contributed by atoms with E-state index in [2.05, 4.69) is 53.0 Å². The van der Waals surface area contributed by atoms with Crippen LogP contribution in [0.25, 0.3) is 0 Å². The molecule has 1 heterocycles. The first kappa shape index (κ1) is 8.51. The highest BCUT2D eigenvalue weighted by Crippen LogP contribution is 2.25. The van der Waals surface area contributed by atoms with Crippen molar-refractivity contribution in [3.05, 3.63) is 32.9 Å². The summed E-state index contributed by atoms with van der Waals surface area (Å²) in [5.74, 6) is 0. The number of rotatable bonds is 1. The highest BCUT2D eigenvalue weighted by molar-refractivity contribution is 14.1. The quantitative estimate of drug-likeness (QED) is 0.776. The van der Waals surface area contributed by atoms with Gasteiger partial charge in [-0.2, -0.15) is 0 Å². The molecule has 12 heavy (non-hydrogen) atoms. The fourth-order valence-electron chi connectivity index (χ4n) is 1.40. The number of aryl methyl sites for hydroxylation is 1. The zero-order chi connectivity index (χ0) is 8.55. The van der Waals surface area contributed by atoms with Crippen LogP contribution in [0.3, 0.4) is 0 Å². The SMILES string of the molecule is Cc1ccc([C@@H]2CCN2)cc1I. The molecule has 0 aliphatic carbocycles. The van der Waals surface area contributed by atoms with Crippen LogP contribution in [0.5, 0.6) is 0 Å². The molecule has 2 heteroatoms. The van der Waals surface area contributed by atoms with Crippen LogP contribution in [0.15, 0.2) is 18.2 Å². The summed E-state index contributed by atoms with van der Waals surface area (Å²) < 4.78 is 1.37. The van der Waals surface area contributed by atoms with E-state index in [9.17, 15) is 0 Å². The normalized spacial score (nSPS) is 22.0. The summed E-state index contributed by atoms with van der Waals surface area (Å²) in [5.41, 5.74) is 2.81. The van der Waals surface area contributed by atoms with Gasteiger partial charge in [-0.15, -0.1) is 0 Å². The molecule has 1 aliphatic rings. The Balaban J connectivity index is 2.27. The summed E-state index contributed by atoms with van der Waals surface area (Å²) >= 11 is 2.40. The molecule has 1 N–H and O–H groups in total. The van der Waals surface area contributed by atoms with E-state index in [-0.39, 0.29) is 0 Å². The Morgan fingerprint density at radius 3 is 2.75 bits per heavy atom. The monoisotopic (exact) mass is 273 g/mol. The summed E-state index contributed by atoms with van der Waals surface area (Å²) in [6.07, 6.45) is 1.29. The second-order valence-electron chi connectivity index (χ2n) is 3.30. The van der Waals surface area contributed by atoms with E-state index in [1.165, 1.54) is 27.7 Å². The zero-order valence-electron chi connectivity index (χ0n) is 7.10. The van der Waals surface area contributed by atoms with Crippen LogP contribution < -0.4 is 5.32 Å². The van der Waals surface area contributed by atoms with Gasteiger partial charge in [0.15, 0.2) is 0 Å². The highest BCUT2D eigenvalue weighted by Gasteiger charge is 2.18. The fraction of sp³-hybridized carbons (Fsp3) is 0.400. The van der Waals surface area contributed by atoms with Gasteiger partial charge in [-0.05, 0) is 59.7 Å². The molecule has 0 radical (unpaired) electrons. The van der Waals surface area contributed by atoms with Crippen molar-refractivity contribution < 1.29 is 0 Å². The molecule has 1 aromatic carbocycles. The smallest absolute Gasteiger partial charge is 0.0332 e. The Bertz CT molecular complexity index is 292. The number of hydrogen-bond acceptors (Lipinski definition) is 1. The molecule has 1 aromatic rings. The molecular formula is C10H12IN. The molecule has 0 unspecified atom stereocenters. The van der Waals surface area contributed by atoms with Crippen molar-refractivity contribution in [2.75, 3.05) is 6.54 Å². The first-order valence-corrected chi connectivity index (χ1v) is 5.34. The first-order chi connectivity index (χ1) is 5.77. The van der Waals surface area contributed by atoms with Crippen LogP contribution in [-0.4, -0.2) is 6.54 Å². The number of benzene rings is 1. The minimum Gasteiger partial charge on any atom is -0.310 e. The largest absolute Gasteiger partial charge is 0.310 e. The van der Waals surface area contributed by atoms with Gasteiger partial charge in [0.05, 0.1) is 0 Å². The molecule has 1 fully saturated rings. The molecule has 1 aliphatic heterocycles. The van der Waals surface area contributed by atoms with Crippen molar-refractivity contribution >= 4 is 22.6 Å². The van der Waals surface area contributed by atoms with Crippen molar-refractivity contribution in [1.29, 1.82) is 0 Å². The predicted molar refractivity (Wildman–Crippen MR) is 59.3 cm³/mol. The Labute approximate surface area is 86.7 Å². The van der Waals surface area contributed by atoms with Crippen LogP contribution in [-0.2, 0) is 0 Å². The lowest BCUT2D eigenvalue weighted by atomic mass is 9.97. The molecule has 0 aromatic heterocycles. The minimum atomic E-state index is 0.624. The molecule has 0 amide bonds. The van der Waals surface area contributed by atoms with E-state index in [1.807, 2.05) is 0 Å². The second kappa shape index (κ2) is 3.34. The molecule has 0 bridgehead atoms. The Morgan fingerprint density at radius 1 is 1.50 bits per heavy atom. The fourth-order valence-corrected chi connectivity index (χ4v) is 1.94. The Hall–Kier alpha value is -0.0900. The van der Waals surface area contributed by atoms with Gasteiger partial charge >= 0.3 is 0 Å². The minimum absolute atomic E-state index is 0.624. The Morgan fingerprint density at radius 2 is 2.25 bits per heavy atom. The third-order valence-corrected chi connectivity index (χ3v) is 3.58. The van der Waals surface area contributed by atoms with E-state index in [1.54, 1.807) is 0 Å². The van der Waals surface area contributed by atoms with Gasteiger partial charge < -0.3 is 5.32 Å². The standard InChI is InChI=1S/C10H12IN/c1-7-2-3-8(6-9(7)11)10-4-5-12-10/h2-3,6,10,12H,4-5H2,1H3/t10-/m0/s1. The van der Waals surface area contributed by atoms with Crippen LogP contribution in [0, 0.1) is 10.5 Å². The van der Waals surface area contributed by atoms with E-state index in [4.69, 9.17) is 0 Å². The average Bonchev–Trinajstić information content (AvgIpc) is 1.93. The number of halogens is 1. The van der Waals surface area contributed by atoms with Crippen LogP contribution in [0.2, 0.25) is 0 Å². The van der Waals surface area contributed by atoms with Gasteiger partial charge in [-0.3, -0.25) is 0 Å². The van der Waals surface area contributed by atoms with Gasteiger partial charge in [0.1, 0.15) is 0 Å². The molecule has 2 rings (SSSR count). The summed E-state index contributed by atoms with van der Waals surface area (Å²) in [7, 11) is 0. The van der Waals surface area contributed by atoms with E-state index in [0.717, 1.165) is 0 Å². The third kappa shape index (κ3) is 1.50. The van der Waals surface area contributed by atoms with Crippen molar-refractivity contribution in [2.24, 2.45) is 0 Å². The van der Waals surface area contributed by atoms with Crippen molar-refractivity contribution in [2.45, 2.75) is 19.4 Å². The molecular weight excluding hydrogens is 261 g/mol. The molecule has 0 spiro atoms. The Kier molecular flexibility index (Phi) is 2.37. The second-order valence-corrected chi connectivity index (χ2v) is 4.47. The summed E-state index contributed by atoms with van der Waals surface area (Å²) in [6, 6.07) is 7.34. The summed E-state index contributed by atoms with van der Waals surface area (Å²) in [6.45, 7) is 3.33. The van der Waals surface area contributed by atoms with Gasteiger partial charge in [-0.25, -0.2) is 0 Å². The maximum atomic E-state index is 3.41. The molecule has 0 saturated carbocycles. The molecule has 64 valence electrons. The van der Waals surface area contributed by atoms with Gasteiger partial charge in [0, 0.05) is 9.61 Å². The van der Waals surface area contributed by atoms with Gasteiger partial charge in [-0.1, -0.05) is 12.1 Å². The topological polar surface area (TPSA) is 12.0 Å². The number of nitrogens with one attached hydrogen (secondary N) is 1. The van der Waals surface area contributed by atoms with Gasteiger partial charge in [0.2, 0.25) is 0 Å². The molecule has 1 nitrogen and oxygen atoms in total. The lowest BCUT2D eigenvalue weighted by molar-refractivity contribution is 0.383. The van der Waals surface area contributed by atoms with Crippen LogP contribution in [0.1, 0.15) is 23.6 Å². The van der Waals surface area contributed by atoms with Crippen molar-refractivity contribution in [3.63, 3.8) is 0 Å². The summed E-state index contributed by atoms with van der Waals surface area (Å²) in [4.78, 5) is 0. The number of hydrogen-bond donors (Lipinski definition) is 1. The molecule has 1 atom stereocenters. The van der Waals surface area contributed by atoms with E-state index in [0.29, 0.717) is 6.04 Å².